The quantitative estimate of drug-likeness (QED) is 0.928. The largest absolute Gasteiger partial charge is 0.447 e. The molecule has 0 unspecified atom stereocenters. The molecule has 1 fully saturated rings. The summed E-state index contributed by atoms with van der Waals surface area (Å²) in [4.78, 5) is 18.4. The molecule has 0 aromatic carbocycles. The average Bonchev–Trinajstić information content (AvgIpc) is 3.00. The maximum atomic E-state index is 11.7. The first-order valence-electron chi connectivity index (χ1n) is 8.57. The highest BCUT2D eigenvalue weighted by Crippen LogP contribution is 2.22. The van der Waals surface area contributed by atoms with Gasteiger partial charge < -0.3 is 9.64 Å². The van der Waals surface area contributed by atoms with Crippen molar-refractivity contribution in [3.05, 3.63) is 12.4 Å². The van der Waals surface area contributed by atoms with E-state index in [2.05, 4.69) is 25.4 Å². The van der Waals surface area contributed by atoms with E-state index in [4.69, 9.17) is 4.74 Å². The number of rotatable bonds is 3. The molecule has 1 N–H and O–H groups in total. The van der Waals surface area contributed by atoms with Crippen molar-refractivity contribution < 1.29 is 9.53 Å². The number of fused-ring (bicyclic) bond motifs is 1. The predicted molar refractivity (Wildman–Crippen MR) is 93.4 cm³/mol. The number of nitrogens with one attached hydrogen (secondary N) is 1. The van der Waals surface area contributed by atoms with Gasteiger partial charge in [-0.25, -0.2) is 9.78 Å². The fourth-order valence-electron chi connectivity index (χ4n) is 2.56. The molecule has 3 rings (SSSR count). The SMILES string of the molecule is CC.CC(C)OC(=O)Nc1nnc2c(N3CCCCC3)nccn12. The summed E-state index contributed by atoms with van der Waals surface area (Å²) in [5, 5.41) is 10.8. The van der Waals surface area contributed by atoms with Gasteiger partial charge in [-0.1, -0.05) is 13.8 Å². The van der Waals surface area contributed by atoms with Crippen molar-refractivity contribution in [1.29, 1.82) is 0 Å². The lowest BCUT2D eigenvalue weighted by atomic mass is 10.1. The Morgan fingerprint density at radius 2 is 1.92 bits per heavy atom. The van der Waals surface area contributed by atoms with E-state index in [0.717, 1.165) is 31.7 Å². The zero-order valence-corrected chi connectivity index (χ0v) is 14.8. The van der Waals surface area contributed by atoms with Crippen LogP contribution >= 0.6 is 0 Å². The highest BCUT2D eigenvalue weighted by atomic mass is 16.6. The molecule has 0 radical (unpaired) electrons. The smallest absolute Gasteiger partial charge is 0.414 e. The average molecular weight is 334 g/mol. The number of carbonyl (C=O) groups excluding carboxylic acids is 1. The van der Waals surface area contributed by atoms with Crippen molar-refractivity contribution in [1.82, 2.24) is 19.6 Å². The fraction of sp³-hybridized carbons (Fsp3) is 0.625. The maximum Gasteiger partial charge on any atom is 0.414 e. The molecule has 0 aliphatic carbocycles. The summed E-state index contributed by atoms with van der Waals surface area (Å²) in [6.45, 7) is 9.52. The van der Waals surface area contributed by atoms with E-state index in [1.165, 1.54) is 6.42 Å². The minimum atomic E-state index is -0.541. The van der Waals surface area contributed by atoms with Crippen molar-refractivity contribution in [2.75, 3.05) is 23.3 Å². The van der Waals surface area contributed by atoms with Crippen LogP contribution in [0.1, 0.15) is 47.0 Å². The van der Waals surface area contributed by atoms with Gasteiger partial charge in [0.05, 0.1) is 6.10 Å². The first-order chi connectivity index (χ1) is 11.6. The third-order valence-corrected chi connectivity index (χ3v) is 3.52. The van der Waals surface area contributed by atoms with Crippen LogP contribution in [0.25, 0.3) is 5.65 Å². The molecular formula is C16H26N6O2. The maximum absolute atomic E-state index is 11.7. The lowest BCUT2D eigenvalue weighted by Crippen LogP contribution is -2.30. The molecule has 0 atom stereocenters. The van der Waals surface area contributed by atoms with Gasteiger partial charge in [-0.2, -0.15) is 0 Å². The molecule has 1 amide bonds. The van der Waals surface area contributed by atoms with Crippen molar-refractivity contribution in [3.8, 4) is 0 Å². The topological polar surface area (TPSA) is 84.6 Å². The van der Waals surface area contributed by atoms with E-state index in [1.807, 2.05) is 13.8 Å². The number of ether oxygens (including phenoxy) is 1. The van der Waals surface area contributed by atoms with Crippen molar-refractivity contribution in [2.24, 2.45) is 0 Å². The Labute approximate surface area is 142 Å². The van der Waals surface area contributed by atoms with Gasteiger partial charge in [0.2, 0.25) is 11.6 Å². The highest BCUT2D eigenvalue weighted by Gasteiger charge is 2.19. The summed E-state index contributed by atoms with van der Waals surface area (Å²) in [7, 11) is 0. The Balaban J connectivity index is 0.00000100. The van der Waals surface area contributed by atoms with Crippen LogP contribution in [0, 0.1) is 0 Å². The number of nitrogens with zero attached hydrogens (tertiary/aromatic N) is 5. The van der Waals surface area contributed by atoms with Crippen LogP contribution in [0.2, 0.25) is 0 Å². The number of aromatic nitrogens is 4. The summed E-state index contributed by atoms with van der Waals surface area (Å²) >= 11 is 0. The second-order valence-electron chi connectivity index (χ2n) is 5.59. The molecule has 2 aromatic heterocycles. The van der Waals surface area contributed by atoms with E-state index in [9.17, 15) is 4.79 Å². The Morgan fingerprint density at radius 3 is 2.58 bits per heavy atom. The molecule has 1 saturated heterocycles. The molecule has 8 nitrogen and oxygen atoms in total. The molecule has 24 heavy (non-hydrogen) atoms. The van der Waals surface area contributed by atoms with Crippen LogP contribution in [-0.2, 0) is 4.74 Å². The molecule has 3 heterocycles. The van der Waals surface area contributed by atoms with Gasteiger partial charge in [0, 0.05) is 25.5 Å². The van der Waals surface area contributed by atoms with Gasteiger partial charge in [-0.05, 0) is 33.1 Å². The zero-order chi connectivity index (χ0) is 17.5. The van der Waals surface area contributed by atoms with Crippen LogP contribution in [0.5, 0.6) is 0 Å². The van der Waals surface area contributed by atoms with Gasteiger partial charge in [0.25, 0.3) is 0 Å². The van der Waals surface area contributed by atoms with Gasteiger partial charge >= 0.3 is 6.09 Å². The molecule has 8 heteroatoms. The van der Waals surface area contributed by atoms with Crippen LogP contribution in [-0.4, -0.2) is 44.9 Å². The number of carbonyl (C=O) groups is 1. The third kappa shape index (κ3) is 4.12. The lowest BCUT2D eigenvalue weighted by molar-refractivity contribution is 0.129. The molecule has 0 bridgehead atoms. The first kappa shape index (κ1) is 18.0. The summed E-state index contributed by atoms with van der Waals surface area (Å²) in [6.07, 6.45) is 6.25. The fourth-order valence-corrected chi connectivity index (χ4v) is 2.56. The van der Waals surface area contributed by atoms with E-state index in [-0.39, 0.29) is 6.10 Å². The minimum absolute atomic E-state index is 0.190. The molecular weight excluding hydrogens is 308 g/mol. The van der Waals surface area contributed by atoms with Crippen molar-refractivity contribution in [2.45, 2.75) is 53.1 Å². The van der Waals surface area contributed by atoms with Gasteiger partial charge in [-0.3, -0.25) is 9.72 Å². The first-order valence-corrected chi connectivity index (χ1v) is 8.57. The van der Waals surface area contributed by atoms with Crippen LogP contribution < -0.4 is 10.2 Å². The van der Waals surface area contributed by atoms with Crippen LogP contribution in [0.15, 0.2) is 12.4 Å². The van der Waals surface area contributed by atoms with Gasteiger partial charge in [0.1, 0.15) is 0 Å². The molecule has 0 spiro atoms. The standard InChI is InChI=1S/C14H20N6O2.C2H6/c1-10(2)22-14(21)16-13-18-17-12-11(15-6-9-20(12)13)19-7-4-3-5-8-19;1-2/h6,9-10H,3-5,7-8H2,1-2H3,(H,16,18,21);1-2H3. The molecule has 2 aromatic rings. The van der Waals surface area contributed by atoms with E-state index in [1.54, 1.807) is 30.6 Å². The summed E-state index contributed by atoms with van der Waals surface area (Å²) in [5.74, 6) is 1.14. The minimum Gasteiger partial charge on any atom is -0.447 e. The third-order valence-electron chi connectivity index (χ3n) is 3.52. The second kappa shape index (κ2) is 8.47. The molecule has 0 saturated carbocycles. The van der Waals surface area contributed by atoms with Crippen LogP contribution in [0.4, 0.5) is 16.6 Å². The molecule has 1 aliphatic rings. The Kier molecular flexibility index (Phi) is 6.34. The Hall–Kier alpha value is -2.38. The summed E-state index contributed by atoms with van der Waals surface area (Å²) < 4.78 is 6.78. The Morgan fingerprint density at radius 1 is 1.21 bits per heavy atom. The summed E-state index contributed by atoms with van der Waals surface area (Å²) in [6, 6.07) is 0. The monoisotopic (exact) mass is 334 g/mol. The number of piperidine rings is 1. The lowest BCUT2D eigenvalue weighted by Gasteiger charge is -2.27. The number of anilines is 2. The van der Waals surface area contributed by atoms with Crippen molar-refractivity contribution in [3.63, 3.8) is 0 Å². The normalized spacial score (nSPS) is 14.3. The van der Waals surface area contributed by atoms with Crippen LogP contribution in [0.3, 0.4) is 0 Å². The van der Waals surface area contributed by atoms with Crippen molar-refractivity contribution >= 4 is 23.5 Å². The Bertz CT molecular complexity index is 664. The highest BCUT2D eigenvalue weighted by molar-refractivity contribution is 5.83. The molecule has 1 aliphatic heterocycles. The molecule has 132 valence electrons. The number of amides is 1. The van der Waals surface area contributed by atoms with Gasteiger partial charge in [-0.15, -0.1) is 10.2 Å². The van der Waals surface area contributed by atoms with Gasteiger partial charge in [0.15, 0.2) is 5.82 Å². The van der Waals surface area contributed by atoms with E-state index in [0.29, 0.717) is 11.6 Å². The summed E-state index contributed by atoms with van der Waals surface area (Å²) in [5.41, 5.74) is 0.643. The predicted octanol–water partition coefficient (Wildman–Crippen LogP) is 3.10. The number of hydrogen-bond acceptors (Lipinski definition) is 6. The zero-order valence-electron chi connectivity index (χ0n) is 14.8. The van der Waals surface area contributed by atoms with E-state index < -0.39 is 6.09 Å². The second-order valence-corrected chi connectivity index (χ2v) is 5.59. The number of hydrogen-bond donors (Lipinski definition) is 1. The van der Waals surface area contributed by atoms with E-state index >= 15 is 0 Å².